The largest absolute Gasteiger partial charge is 0.309 e. The molecule has 9 aromatic carbocycles. The van der Waals surface area contributed by atoms with Gasteiger partial charge >= 0.3 is 0 Å². The maximum absolute atomic E-state index is 5.47. The van der Waals surface area contributed by atoms with Gasteiger partial charge in [0.1, 0.15) is 0 Å². The highest BCUT2D eigenvalue weighted by Gasteiger charge is 2.25. The summed E-state index contributed by atoms with van der Waals surface area (Å²) in [6.07, 6.45) is 0. The topological polar surface area (TPSA) is 35.6 Å². The summed E-state index contributed by atoms with van der Waals surface area (Å²) in [5.41, 5.74) is 16.0. The van der Waals surface area contributed by atoms with Crippen molar-refractivity contribution in [2.45, 2.75) is 0 Å². The lowest BCUT2D eigenvalue weighted by molar-refractivity contribution is 1.17. The molecule has 3 aromatic heterocycles. The van der Waals surface area contributed by atoms with E-state index < -0.39 is 0 Å². The van der Waals surface area contributed by atoms with Crippen LogP contribution in [-0.4, -0.2) is 19.1 Å². The van der Waals surface area contributed by atoms with Crippen LogP contribution in [0, 0.1) is 0 Å². The summed E-state index contributed by atoms with van der Waals surface area (Å²) in [7, 11) is 0. The van der Waals surface area contributed by atoms with Crippen molar-refractivity contribution in [1.29, 1.82) is 0 Å². The minimum absolute atomic E-state index is 0.687. The minimum atomic E-state index is 0.687. The monoisotopic (exact) mass is 790 g/mol. The lowest BCUT2D eigenvalue weighted by Gasteiger charge is -2.19. The van der Waals surface area contributed by atoms with Crippen LogP contribution < -0.4 is 0 Å². The molecule has 12 aromatic rings. The molecule has 0 saturated carbocycles. The fourth-order valence-corrected chi connectivity index (χ4v) is 9.38. The summed E-state index contributed by atoms with van der Waals surface area (Å²) in [6, 6.07) is 82.1. The first kappa shape index (κ1) is 35.6. The Morgan fingerprint density at radius 2 is 0.742 bits per heavy atom. The van der Waals surface area contributed by atoms with Crippen LogP contribution in [0.1, 0.15) is 0 Å². The molecule has 0 aliphatic heterocycles. The molecule has 0 aliphatic carbocycles. The van der Waals surface area contributed by atoms with Crippen molar-refractivity contribution in [2.75, 3.05) is 0 Å². The summed E-state index contributed by atoms with van der Waals surface area (Å²) >= 11 is 0. The molecule has 62 heavy (non-hydrogen) atoms. The maximum atomic E-state index is 5.47. The molecule has 0 unspecified atom stereocenters. The first-order valence-electron chi connectivity index (χ1n) is 21.1. The Morgan fingerprint density at radius 1 is 0.290 bits per heavy atom. The Hall–Kier alpha value is -8.34. The van der Waals surface area contributed by atoms with Crippen LogP contribution in [0.5, 0.6) is 0 Å². The smallest absolute Gasteiger partial charge is 0.160 e. The van der Waals surface area contributed by atoms with E-state index >= 15 is 0 Å². The summed E-state index contributed by atoms with van der Waals surface area (Å²) < 4.78 is 4.80. The van der Waals surface area contributed by atoms with E-state index in [9.17, 15) is 0 Å². The Bertz CT molecular complexity index is 3530. The van der Waals surface area contributed by atoms with Gasteiger partial charge in [-0.05, 0) is 77.4 Å². The number of fused-ring (bicyclic) bond motifs is 6. The van der Waals surface area contributed by atoms with Crippen molar-refractivity contribution in [3.8, 4) is 67.5 Å². The molecule has 0 N–H and O–H groups in total. The lowest BCUT2D eigenvalue weighted by Crippen LogP contribution is -2.01. The number of para-hydroxylation sites is 4. The van der Waals surface area contributed by atoms with E-state index in [0.29, 0.717) is 5.82 Å². The van der Waals surface area contributed by atoms with E-state index in [0.717, 1.165) is 72.7 Å². The number of nitrogens with zero attached hydrogens (tertiary/aromatic N) is 4. The van der Waals surface area contributed by atoms with Gasteiger partial charge in [0, 0.05) is 55.2 Å². The van der Waals surface area contributed by atoms with E-state index in [4.69, 9.17) is 9.97 Å². The fourth-order valence-electron chi connectivity index (χ4n) is 9.38. The second kappa shape index (κ2) is 14.7. The van der Waals surface area contributed by atoms with Crippen molar-refractivity contribution < 1.29 is 0 Å². The molecule has 12 rings (SSSR count). The third kappa shape index (κ3) is 5.84. The number of benzene rings is 9. The van der Waals surface area contributed by atoms with E-state index in [1.807, 2.05) is 18.2 Å². The molecule has 290 valence electrons. The molecule has 3 heterocycles. The van der Waals surface area contributed by atoms with Crippen molar-refractivity contribution in [2.24, 2.45) is 0 Å². The normalized spacial score (nSPS) is 11.5. The zero-order valence-electron chi connectivity index (χ0n) is 33.7. The van der Waals surface area contributed by atoms with Crippen LogP contribution >= 0.6 is 0 Å². The van der Waals surface area contributed by atoms with Gasteiger partial charge in [-0.15, -0.1) is 0 Å². The molecule has 0 bridgehead atoms. The van der Waals surface area contributed by atoms with Crippen molar-refractivity contribution in [1.82, 2.24) is 19.1 Å². The molecule has 4 nitrogen and oxygen atoms in total. The number of hydrogen-bond acceptors (Lipinski definition) is 2. The SMILES string of the molecule is c1ccc(-c2nc(-c3ccccc3)c(-c3cc(-c4ccc5c(c4)c4ccccc4n5-c4ccccc4)c4c5ccccc5n(-c5ccccc5)c4c3)c(-c3ccccc3)n2)cc1. The first-order valence-corrected chi connectivity index (χ1v) is 21.1. The van der Waals surface area contributed by atoms with Gasteiger partial charge in [0.05, 0.1) is 33.5 Å². The molecule has 0 radical (unpaired) electrons. The predicted octanol–water partition coefficient (Wildman–Crippen LogP) is 15.0. The Morgan fingerprint density at radius 3 is 1.32 bits per heavy atom. The van der Waals surface area contributed by atoms with Gasteiger partial charge < -0.3 is 9.13 Å². The molecule has 0 atom stereocenters. The second-order valence-electron chi connectivity index (χ2n) is 15.7. The van der Waals surface area contributed by atoms with Gasteiger partial charge in [0.25, 0.3) is 0 Å². The molecule has 0 spiro atoms. The van der Waals surface area contributed by atoms with Gasteiger partial charge in [0.15, 0.2) is 5.82 Å². The summed E-state index contributed by atoms with van der Waals surface area (Å²) in [6.45, 7) is 0. The zero-order valence-corrected chi connectivity index (χ0v) is 33.7. The average molecular weight is 791 g/mol. The third-order valence-corrected chi connectivity index (χ3v) is 12.1. The van der Waals surface area contributed by atoms with Crippen LogP contribution in [0.25, 0.3) is 111 Å². The number of aromatic nitrogens is 4. The molecule has 0 fully saturated rings. The van der Waals surface area contributed by atoms with E-state index in [2.05, 4.69) is 221 Å². The molecule has 0 amide bonds. The van der Waals surface area contributed by atoms with Gasteiger partial charge in [-0.1, -0.05) is 170 Å². The zero-order chi connectivity index (χ0) is 41.0. The van der Waals surface area contributed by atoms with Gasteiger partial charge in [-0.3, -0.25) is 0 Å². The Balaban J connectivity index is 1.23. The maximum Gasteiger partial charge on any atom is 0.160 e. The predicted molar refractivity (Wildman–Crippen MR) is 258 cm³/mol. The Labute approximate surface area is 359 Å². The van der Waals surface area contributed by atoms with E-state index in [1.165, 1.54) is 32.6 Å². The average Bonchev–Trinajstić information content (AvgIpc) is 3.87. The highest BCUT2D eigenvalue weighted by Crippen LogP contribution is 2.47. The van der Waals surface area contributed by atoms with Crippen molar-refractivity contribution in [3.05, 3.63) is 231 Å². The number of rotatable bonds is 7. The molecule has 4 heteroatoms. The quantitative estimate of drug-likeness (QED) is 0.161. The van der Waals surface area contributed by atoms with Crippen LogP contribution in [0.15, 0.2) is 231 Å². The molecular formula is C58H38N4. The molecule has 0 aliphatic rings. The summed E-state index contributed by atoms with van der Waals surface area (Å²) in [5.74, 6) is 0.687. The summed E-state index contributed by atoms with van der Waals surface area (Å²) in [4.78, 5) is 10.9. The van der Waals surface area contributed by atoms with Crippen LogP contribution in [0.3, 0.4) is 0 Å². The molecule has 0 saturated heterocycles. The van der Waals surface area contributed by atoms with Crippen LogP contribution in [0.2, 0.25) is 0 Å². The van der Waals surface area contributed by atoms with Crippen LogP contribution in [-0.2, 0) is 0 Å². The van der Waals surface area contributed by atoms with Crippen molar-refractivity contribution >= 4 is 43.6 Å². The van der Waals surface area contributed by atoms with Crippen LogP contribution in [0.4, 0.5) is 0 Å². The second-order valence-corrected chi connectivity index (χ2v) is 15.7. The van der Waals surface area contributed by atoms with Gasteiger partial charge in [-0.25, -0.2) is 9.97 Å². The first-order chi connectivity index (χ1) is 30.8. The summed E-state index contributed by atoms with van der Waals surface area (Å²) in [5, 5.41) is 4.82. The lowest BCUT2D eigenvalue weighted by atomic mass is 9.89. The van der Waals surface area contributed by atoms with Gasteiger partial charge in [-0.2, -0.15) is 0 Å². The minimum Gasteiger partial charge on any atom is -0.309 e. The Kier molecular flexibility index (Phi) is 8.46. The standard InChI is InChI=1S/C58H38N4/c1-6-20-39(21-7-1)56-54(57(40-22-8-2-9-23-40)60-58(59-56)41-24-10-3-11-25-41)43-37-48(55-47-31-17-19-33-51(47)62(53(55)38-43)45-28-14-5-15-29-45)42-34-35-52-49(36-42)46-30-16-18-32-50(46)61(52)44-26-12-4-13-27-44/h1-38H. The van der Waals surface area contributed by atoms with E-state index in [1.54, 1.807) is 0 Å². The van der Waals surface area contributed by atoms with Gasteiger partial charge in [0.2, 0.25) is 0 Å². The van der Waals surface area contributed by atoms with Crippen molar-refractivity contribution in [3.63, 3.8) is 0 Å². The number of hydrogen-bond donors (Lipinski definition) is 0. The fraction of sp³-hybridized carbons (Fsp3) is 0. The third-order valence-electron chi connectivity index (χ3n) is 12.1. The highest BCUT2D eigenvalue weighted by atomic mass is 15.0. The highest BCUT2D eigenvalue weighted by molar-refractivity contribution is 6.19. The van der Waals surface area contributed by atoms with E-state index in [-0.39, 0.29) is 0 Å². The molecular weight excluding hydrogens is 753 g/mol.